The molecule has 0 aliphatic carbocycles. The third-order valence-corrected chi connectivity index (χ3v) is 2.54. The molecule has 4 heteroatoms. The van der Waals surface area contributed by atoms with E-state index in [9.17, 15) is 0 Å². The third-order valence-electron chi connectivity index (χ3n) is 2.54. The van der Waals surface area contributed by atoms with Crippen LogP contribution in [0.1, 0.15) is 37.1 Å². The van der Waals surface area contributed by atoms with Gasteiger partial charge in [0.05, 0.1) is 11.8 Å². The molecule has 1 aliphatic heterocycles. The number of nitrogens with one attached hydrogen (secondary N) is 1. The van der Waals surface area contributed by atoms with Crippen LogP contribution in [0, 0.1) is 0 Å². The zero-order valence-electron chi connectivity index (χ0n) is 7.84. The van der Waals surface area contributed by atoms with Crippen LogP contribution in [0.5, 0.6) is 0 Å². The van der Waals surface area contributed by atoms with E-state index < -0.39 is 0 Å². The second-order valence-corrected chi connectivity index (χ2v) is 3.36. The SMILES string of the molecule is CCc1c(N)n[nH]c1C1CCCO1. The van der Waals surface area contributed by atoms with Crippen molar-refractivity contribution in [1.29, 1.82) is 0 Å². The minimum Gasteiger partial charge on any atom is -0.382 e. The highest BCUT2D eigenvalue weighted by molar-refractivity contribution is 5.42. The summed E-state index contributed by atoms with van der Waals surface area (Å²) < 4.78 is 5.57. The highest BCUT2D eigenvalue weighted by Gasteiger charge is 2.23. The highest BCUT2D eigenvalue weighted by Crippen LogP contribution is 2.31. The molecule has 0 radical (unpaired) electrons. The molecule has 0 amide bonds. The van der Waals surface area contributed by atoms with Gasteiger partial charge in [-0.05, 0) is 19.3 Å². The summed E-state index contributed by atoms with van der Waals surface area (Å²) in [4.78, 5) is 0. The van der Waals surface area contributed by atoms with Crippen molar-refractivity contribution in [1.82, 2.24) is 10.2 Å². The van der Waals surface area contributed by atoms with Gasteiger partial charge in [0.1, 0.15) is 5.82 Å². The molecule has 72 valence electrons. The Kier molecular flexibility index (Phi) is 2.22. The van der Waals surface area contributed by atoms with Gasteiger partial charge in [-0.2, -0.15) is 5.10 Å². The normalized spacial score (nSPS) is 22.4. The van der Waals surface area contributed by atoms with Crippen LogP contribution in [0.3, 0.4) is 0 Å². The van der Waals surface area contributed by atoms with Crippen molar-refractivity contribution in [2.24, 2.45) is 0 Å². The van der Waals surface area contributed by atoms with Crippen LogP contribution < -0.4 is 5.73 Å². The summed E-state index contributed by atoms with van der Waals surface area (Å²) in [5, 5.41) is 6.97. The molecule has 3 N–H and O–H groups in total. The van der Waals surface area contributed by atoms with E-state index in [2.05, 4.69) is 17.1 Å². The van der Waals surface area contributed by atoms with Crippen molar-refractivity contribution >= 4 is 5.82 Å². The van der Waals surface area contributed by atoms with E-state index in [-0.39, 0.29) is 6.10 Å². The fourth-order valence-corrected chi connectivity index (χ4v) is 1.84. The molecule has 0 bridgehead atoms. The van der Waals surface area contributed by atoms with Crippen LogP contribution in [0.15, 0.2) is 0 Å². The Balaban J connectivity index is 2.27. The summed E-state index contributed by atoms with van der Waals surface area (Å²) >= 11 is 0. The lowest BCUT2D eigenvalue weighted by Crippen LogP contribution is -2.00. The van der Waals surface area contributed by atoms with Gasteiger partial charge in [0.25, 0.3) is 0 Å². The predicted molar refractivity (Wildman–Crippen MR) is 50.3 cm³/mol. The molecule has 0 spiro atoms. The topological polar surface area (TPSA) is 63.9 Å². The average molecular weight is 181 g/mol. The molecule has 0 aromatic carbocycles. The van der Waals surface area contributed by atoms with E-state index in [0.29, 0.717) is 5.82 Å². The summed E-state index contributed by atoms with van der Waals surface area (Å²) in [7, 11) is 0. The van der Waals surface area contributed by atoms with Crippen molar-refractivity contribution < 1.29 is 4.74 Å². The zero-order chi connectivity index (χ0) is 9.26. The first-order chi connectivity index (χ1) is 6.33. The Morgan fingerprint density at radius 3 is 3.15 bits per heavy atom. The Morgan fingerprint density at radius 1 is 1.69 bits per heavy atom. The van der Waals surface area contributed by atoms with E-state index in [0.717, 1.165) is 37.1 Å². The van der Waals surface area contributed by atoms with Crippen LogP contribution in [-0.4, -0.2) is 16.8 Å². The standard InChI is InChI=1S/C9H15N3O/c1-2-6-8(11-12-9(6)10)7-4-3-5-13-7/h7H,2-5H2,1H3,(H3,10,11,12). The maximum Gasteiger partial charge on any atom is 0.148 e. The molecule has 1 aliphatic rings. The van der Waals surface area contributed by atoms with Gasteiger partial charge in [-0.1, -0.05) is 6.92 Å². The Bertz CT molecular complexity index is 289. The van der Waals surface area contributed by atoms with Gasteiger partial charge in [-0.25, -0.2) is 0 Å². The minimum absolute atomic E-state index is 0.194. The van der Waals surface area contributed by atoms with Gasteiger partial charge in [0.15, 0.2) is 0 Å². The predicted octanol–water partition coefficient (Wildman–Crippen LogP) is 1.41. The van der Waals surface area contributed by atoms with Gasteiger partial charge in [-0.15, -0.1) is 0 Å². The Hall–Kier alpha value is -1.03. The van der Waals surface area contributed by atoms with Crippen molar-refractivity contribution in [3.8, 4) is 0 Å². The first-order valence-corrected chi connectivity index (χ1v) is 4.77. The molecule has 2 heterocycles. The lowest BCUT2D eigenvalue weighted by Gasteiger charge is -2.08. The summed E-state index contributed by atoms with van der Waals surface area (Å²) in [5.41, 5.74) is 7.92. The third kappa shape index (κ3) is 1.42. The number of nitrogens with two attached hydrogens (primary N) is 1. The van der Waals surface area contributed by atoms with Crippen LogP contribution in [-0.2, 0) is 11.2 Å². The van der Waals surface area contributed by atoms with E-state index in [1.165, 1.54) is 0 Å². The second-order valence-electron chi connectivity index (χ2n) is 3.36. The summed E-state index contributed by atoms with van der Waals surface area (Å²) in [5.74, 6) is 0.619. The Labute approximate surface area is 77.5 Å². The van der Waals surface area contributed by atoms with Gasteiger partial charge >= 0.3 is 0 Å². The number of nitrogens with zero attached hydrogens (tertiary/aromatic N) is 1. The maximum atomic E-state index is 5.72. The Morgan fingerprint density at radius 2 is 2.54 bits per heavy atom. The van der Waals surface area contributed by atoms with Crippen molar-refractivity contribution in [2.75, 3.05) is 12.3 Å². The minimum atomic E-state index is 0.194. The molecule has 1 unspecified atom stereocenters. The molecule has 2 rings (SSSR count). The van der Waals surface area contributed by atoms with E-state index >= 15 is 0 Å². The number of hydrogen-bond donors (Lipinski definition) is 2. The number of aromatic nitrogens is 2. The molecule has 0 saturated carbocycles. The summed E-state index contributed by atoms with van der Waals surface area (Å²) in [6, 6.07) is 0. The van der Waals surface area contributed by atoms with E-state index in [1.807, 2.05) is 0 Å². The zero-order valence-corrected chi connectivity index (χ0v) is 7.84. The van der Waals surface area contributed by atoms with Crippen molar-refractivity contribution in [2.45, 2.75) is 32.3 Å². The summed E-state index contributed by atoms with van der Waals surface area (Å²) in [6.45, 7) is 2.94. The lowest BCUT2D eigenvalue weighted by atomic mass is 10.1. The van der Waals surface area contributed by atoms with Gasteiger partial charge in [0, 0.05) is 12.2 Å². The number of H-pyrrole nitrogens is 1. The van der Waals surface area contributed by atoms with Gasteiger partial charge < -0.3 is 10.5 Å². The van der Waals surface area contributed by atoms with Crippen LogP contribution in [0.4, 0.5) is 5.82 Å². The molecule has 1 aromatic heterocycles. The van der Waals surface area contributed by atoms with Crippen molar-refractivity contribution in [3.63, 3.8) is 0 Å². The summed E-state index contributed by atoms with van der Waals surface area (Å²) in [6.07, 6.45) is 3.32. The first kappa shape index (κ1) is 8.56. The van der Waals surface area contributed by atoms with Gasteiger partial charge in [0.2, 0.25) is 0 Å². The molecule has 4 nitrogen and oxygen atoms in total. The number of rotatable bonds is 2. The smallest absolute Gasteiger partial charge is 0.148 e. The van der Waals surface area contributed by atoms with E-state index in [4.69, 9.17) is 10.5 Å². The molecule has 1 fully saturated rings. The fourth-order valence-electron chi connectivity index (χ4n) is 1.84. The van der Waals surface area contributed by atoms with E-state index in [1.54, 1.807) is 0 Å². The molecular weight excluding hydrogens is 166 g/mol. The molecule has 1 saturated heterocycles. The quantitative estimate of drug-likeness (QED) is 0.725. The largest absolute Gasteiger partial charge is 0.382 e. The van der Waals surface area contributed by atoms with Crippen LogP contribution in [0.25, 0.3) is 0 Å². The molecule has 1 atom stereocenters. The molecular formula is C9H15N3O. The number of hydrogen-bond acceptors (Lipinski definition) is 3. The lowest BCUT2D eigenvalue weighted by molar-refractivity contribution is 0.108. The molecule has 13 heavy (non-hydrogen) atoms. The monoisotopic (exact) mass is 181 g/mol. The van der Waals surface area contributed by atoms with Crippen molar-refractivity contribution in [3.05, 3.63) is 11.3 Å². The molecule has 1 aromatic rings. The van der Waals surface area contributed by atoms with Crippen LogP contribution in [0.2, 0.25) is 0 Å². The van der Waals surface area contributed by atoms with Gasteiger partial charge in [-0.3, -0.25) is 5.10 Å². The number of ether oxygens (including phenoxy) is 1. The number of nitrogen functional groups attached to an aromatic ring is 1. The fraction of sp³-hybridized carbons (Fsp3) is 0.667. The number of aromatic amines is 1. The second kappa shape index (κ2) is 3.38. The first-order valence-electron chi connectivity index (χ1n) is 4.77. The van der Waals surface area contributed by atoms with Crippen LogP contribution >= 0.6 is 0 Å². The number of anilines is 1. The average Bonchev–Trinajstić information content (AvgIpc) is 2.71. The highest BCUT2D eigenvalue weighted by atomic mass is 16.5. The maximum absolute atomic E-state index is 5.72.